The van der Waals surface area contributed by atoms with Gasteiger partial charge in [0.25, 0.3) is 5.91 Å². The summed E-state index contributed by atoms with van der Waals surface area (Å²) >= 11 is 4.59. The zero-order chi connectivity index (χ0) is 16.6. The minimum absolute atomic E-state index is 0.291. The van der Waals surface area contributed by atoms with Crippen LogP contribution in [0.3, 0.4) is 0 Å². The number of ether oxygens (including phenoxy) is 1. The Labute approximate surface area is 145 Å². The Balaban J connectivity index is 1.98. The molecule has 5 nitrogen and oxygen atoms in total. The Kier molecular flexibility index (Phi) is 4.41. The van der Waals surface area contributed by atoms with Gasteiger partial charge in [-0.1, -0.05) is 24.3 Å². The van der Waals surface area contributed by atoms with Crippen molar-refractivity contribution in [1.82, 2.24) is 4.90 Å². The van der Waals surface area contributed by atoms with E-state index in [2.05, 4.69) is 15.9 Å². The van der Waals surface area contributed by atoms with Crippen molar-refractivity contribution in [2.75, 3.05) is 13.7 Å². The van der Waals surface area contributed by atoms with Crippen LogP contribution in [0.1, 0.15) is 26.8 Å². The number of benzene rings is 1. The van der Waals surface area contributed by atoms with Gasteiger partial charge >= 0.3 is 5.97 Å². The summed E-state index contributed by atoms with van der Waals surface area (Å²) in [6, 6.07) is 8.05. The molecule has 1 aliphatic heterocycles. The van der Waals surface area contributed by atoms with Gasteiger partial charge in [-0.15, -0.1) is 11.3 Å². The molecule has 0 aliphatic carbocycles. The lowest BCUT2D eigenvalue weighted by molar-refractivity contribution is -0.143. The molecule has 0 saturated heterocycles. The standard InChI is InChI=1S/C16H14BrNO4S/c1-22-11-8-12(23-14(11)17)15(19)18-7-6-9-4-2-3-5-10(9)13(18)16(20)21/h2-5,8,13H,6-7H2,1H3,(H,20,21). The lowest BCUT2D eigenvalue weighted by atomic mass is 9.92. The number of carboxylic acid groups (broad SMARTS) is 1. The van der Waals surface area contributed by atoms with Gasteiger partial charge in [0.2, 0.25) is 0 Å². The molecule has 1 N–H and O–H groups in total. The van der Waals surface area contributed by atoms with E-state index in [4.69, 9.17) is 4.74 Å². The summed E-state index contributed by atoms with van der Waals surface area (Å²) in [5.41, 5.74) is 1.66. The Bertz CT molecular complexity index is 773. The summed E-state index contributed by atoms with van der Waals surface area (Å²) in [4.78, 5) is 26.4. The fourth-order valence-electron chi connectivity index (χ4n) is 2.79. The van der Waals surface area contributed by atoms with E-state index in [-0.39, 0.29) is 5.91 Å². The second-order valence-electron chi connectivity index (χ2n) is 5.14. The largest absolute Gasteiger partial charge is 0.495 e. The first-order chi connectivity index (χ1) is 11.0. The summed E-state index contributed by atoms with van der Waals surface area (Å²) in [7, 11) is 1.53. The first-order valence-electron chi connectivity index (χ1n) is 6.98. The van der Waals surface area contributed by atoms with Crippen molar-refractivity contribution in [2.45, 2.75) is 12.5 Å². The number of nitrogens with zero attached hydrogens (tertiary/aromatic N) is 1. The summed E-state index contributed by atoms with van der Waals surface area (Å²) < 4.78 is 5.89. The molecule has 0 radical (unpaired) electrons. The van der Waals surface area contributed by atoms with Gasteiger partial charge in [0.05, 0.1) is 12.0 Å². The molecule has 0 spiro atoms. The SMILES string of the molecule is COc1cc(C(=O)N2CCc3ccccc3C2C(=O)O)sc1Br. The van der Waals surface area contributed by atoms with Crippen LogP contribution in [0.4, 0.5) is 0 Å². The van der Waals surface area contributed by atoms with Crippen LogP contribution in [0.5, 0.6) is 5.75 Å². The van der Waals surface area contributed by atoms with Crippen LogP contribution < -0.4 is 4.74 Å². The third-order valence-corrected chi connectivity index (χ3v) is 5.63. The van der Waals surface area contributed by atoms with Gasteiger partial charge in [0, 0.05) is 12.6 Å². The van der Waals surface area contributed by atoms with Gasteiger partial charge in [-0.2, -0.15) is 0 Å². The van der Waals surface area contributed by atoms with Crippen molar-refractivity contribution in [3.05, 3.63) is 50.1 Å². The van der Waals surface area contributed by atoms with Crippen molar-refractivity contribution in [3.63, 3.8) is 0 Å². The average molecular weight is 396 g/mol. The number of carboxylic acids is 1. The zero-order valence-corrected chi connectivity index (χ0v) is 14.7. The van der Waals surface area contributed by atoms with Gasteiger partial charge in [0.15, 0.2) is 6.04 Å². The third-order valence-electron chi connectivity index (χ3n) is 3.86. The second kappa shape index (κ2) is 6.33. The predicted octanol–water partition coefficient (Wildman–Crippen LogP) is 3.34. The average Bonchev–Trinajstić information content (AvgIpc) is 2.93. The van der Waals surface area contributed by atoms with Crippen LogP contribution in [0.25, 0.3) is 0 Å². The van der Waals surface area contributed by atoms with E-state index in [0.717, 1.165) is 5.56 Å². The first kappa shape index (κ1) is 16.0. The summed E-state index contributed by atoms with van der Waals surface area (Å²) in [6.07, 6.45) is 0.648. The molecule has 2 aromatic rings. The van der Waals surface area contributed by atoms with E-state index >= 15 is 0 Å². The zero-order valence-electron chi connectivity index (χ0n) is 12.3. The highest BCUT2D eigenvalue weighted by molar-refractivity contribution is 9.11. The number of methoxy groups -OCH3 is 1. The predicted molar refractivity (Wildman–Crippen MR) is 90.1 cm³/mol. The van der Waals surface area contributed by atoms with E-state index in [0.29, 0.717) is 32.9 Å². The van der Waals surface area contributed by atoms with Crippen LogP contribution >= 0.6 is 27.3 Å². The number of carbonyl (C=O) groups is 2. The third kappa shape index (κ3) is 2.86. The van der Waals surface area contributed by atoms with Crippen molar-refractivity contribution in [1.29, 1.82) is 0 Å². The van der Waals surface area contributed by atoms with Gasteiger partial charge in [-0.3, -0.25) is 4.79 Å². The van der Waals surface area contributed by atoms with Crippen LogP contribution in [0, 0.1) is 0 Å². The van der Waals surface area contributed by atoms with Gasteiger partial charge in [0.1, 0.15) is 9.54 Å². The van der Waals surface area contributed by atoms with E-state index < -0.39 is 12.0 Å². The fraction of sp³-hybridized carbons (Fsp3) is 0.250. The number of carbonyl (C=O) groups excluding carboxylic acids is 1. The lowest BCUT2D eigenvalue weighted by Crippen LogP contribution is -2.43. The van der Waals surface area contributed by atoms with E-state index in [9.17, 15) is 14.7 Å². The Hall–Kier alpha value is -1.86. The molecule has 1 atom stereocenters. The summed E-state index contributed by atoms with van der Waals surface area (Å²) in [6.45, 7) is 0.380. The number of hydrogen-bond donors (Lipinski definition) is 1. The molecule has 0 bridgehead atoms. The second-order valence-corrected chi connectivity index (χ2v) is 7.51. The number of fused-ring (bicyclic) bond motifs is 1. The molecule has 1 unspecified atom stereocenters. The molecule has 120 valence electrons. The monoisotopic (exact) mass is 395 g/mol. The molecule has 1 aliphatic rings. The Morgan fingerprint density at radius 1 is 1.39 bits per heavy atom. The molecule has 2 heterocycles. The number of rotatable bonds is 3. The summed E-state index contributed by atoms with van der Waals surface area (Å²) in [5.74, 6) is -0.739. The normalized spacial score (nSPS) is 16.8. The van der Waals surface area contributed by atoms with Crippen molar-refractivity contribution >= 4 is 39.1 Å². The maximum atomic E-state index is 12.8. The van der Waals surface area contributed by atoms with Crippen LogP contribution in [-0.2, 0) is 11.2 Å². The number of thiophene rings is 1. The van der Waals surface area contributed by atoms with Crippen molar-refractivity contribution in [3.8, 4) is 5.75 Å². The van der Waals surface area contributed by atoms with Crippen LogP contribution in [0.2, 0.25) is 0 Å². The van der Waals surface area contributed by atoms with Crippen molar-refractivity contribution in [2.24, 2.45) is 0 Å². The molecule has 3 rings (SSSR count). The highest BCUT2D eigenvalue weighted by atomic mass is 79.9. The molecule has 1 aromatic carbocycles. The number of aliphatic carboxylic acids is 1. The van der Waals surface area contributed by atoms with Gasteiger partial charge in [-0.25, -0.2) is 4.79 Å². The fourth-order valence-corrected chi connectivity index (χ4v) is 4.40. The minimum Gasteiger partial charge on any atom is -0.495 e. The Morgan fingerprint density at radius 2 is 2.13 bits per heavy atom. The molecule has 1 aromatic heterocycles. The molecule has 7 heteroatoms. The first-order valence-corrected chi connectivity index (χ1v) is 8.58. The van der Waals surface area contributed by atoms with Crippen LogP contribution in [0.15, 0.2) is 34.1 Å². The maximum absolute atomic E-state index is 12.8. The lowest BCUT2D eigenvalue weighted by Gasteiger charge is -2.34. The van der Waals surface area contributed by atoms with E-state index in [1.54, 1.807) is 18.2 Å². The summed E-state index contributed by atoms with van der Waals surface area (Å²) in [5, 5.41) is 9.63. The van der Waals surface area contributed by atoms with Crippen molar-refractivity contribution < 1.29 is 19.4 Å². The van der Waals surface area contributed by atoms with E-state index in [1.807, 2.05) is 12.1 Å². The molecule has 23 heavy (non-hydrogen) atoms. The smallest absolute Gasteiger partial charge is 0.331 e. The van der Waals surface area contributed by atoms with Gasteiger partial charge in [-0.05, 0) is 33.5 Å². The van der Waals surface area contributed by atoms with E-state index in [1.165, 1.54) is 23.3 Å². The topological polar surface area (TPSA) is 66.8 Å². The minimum atomic E-state index is -1.02. The Morgan fingerprint density at radius 3 is 2.78 bits per heavy atom. The highest BCUT2D eigenvalue weighted by Gasteiger charge is 2.36. The molecular weight excluding hydrogens is 382 g/mol. The number of hydrogen-bond acceptors (Lipinski definition) is 4. The van der Waals surface area contributed by atoms with Gasteiger partial charge < -0.3 is 14.7 Å². The molecule has 1 amide bonds. The quantitative estimate of drug-likeness (QED) is 0.864. The molecular formula is C16H14BrNO4S. The molecule has 0 fully saturated rings. The van der Waals surface area contributed by atoms with Crippen LogP contribution in [-0.4, -0.2) is 35.5 Å². The highest BCUT2D eigenvalue weighted by Crippen LogP contribution is 2.37. The maximum Gasteiger partial charge on any atom is 0.331 e. The molecule has 0 saturated carbocycles. The number of amides is 1. The number of halogens is 1.